The van der Waals surface area contributed by atoms with Gasteiger partial charge in [-0.3, -0.25) is 9.59 Å². The molecule has 120 valence electrons. The maximum atomic E-state index is 11.9. The van der Waals surface area contributed by atoms with Gasteiger partial charge in [0.15, 0.2) is 0 Å². The van der Waals surface area contributed by atoms with Gasteiger partial charge in [-0.25, -0.2) is 4.79 Å². The Morgan fingerprint density at radius 3 is 1.90 bits per heavy atom. The molecular formula is C14H24N2O5. The van der Waals surface area contributed by atoms with Gasteiger partial charge in [-0.15, -0.1) is 0 Å². The van der Waals surface area contributed by atoms with Crippen LogP contribution in [0.4, 0.5) is 4.79 Å². The highest BCUT2D eigenvalue weighted by Crippen LogP contribution is 2.30. The van der Waals surface area contributed by atoms with Gasteiger partial charge >= 0.3 is 18.0 Å². The fourth-order valence-electron chi connectivity index (χ4n) is 2.71. The first kappa shape index (κ1) is 17.3. The molecular weight excluding hydrogens is 276 g/mol. The van der Waals surface area contributed by atoms with E-state index < -0.39 is 31.1 Å². The summed E-state index contributed by atoms with van der Waals surface area (Å²) in [6.07, 6.45) is 5.60. The predicted molar refractivity (Wildman–Crippen MR) is 76.0 cm³/mol. The normalized spacial score (nSPS) is 21.6. The van der Waals surface area contributed by atoms with Crippen molar-refractivity contribution in [3.8, 4) is 0 Å². The van der Waals surface area contributed by atoms with Gasteiger partial charge in [0.2, 0.25) is 0 Å². The third-order valence-electron chi connectivity index (χ3n) is 4.03. The zero-order valence-electron chi connectivity index (χ0n) is 12.4. The van der Waals surface area contributed by atoms with Crippen molar-refractivity contribution in [1.82, 2.24) is 10.2 Å². The van der Waals surface area contributed by atoms with Gasteiger partial charge in [0.25, 0.3) is 0 Å². The number of carboxylic acid groups (broad SMARTS) is 2. The second kappa shape index (κ2) is 8.49. The number of hydrogen-bond donors (Lipinski definition) is 3. The van der Waals surface area contributed by atoms with Crippen LogP contribution in [-0.4, -0.2) is 52.7 Å². The third-order valence-corrected chi connectivity index (χ3v) is 4.03. The van der Waals surface area contributed by atoms with Crippen molar-refractivity contribution < 1.29 is 24.6 Å². The van der Waals surface area contributed by atoms with Crippen molar-refractivity contribution in [2.24, 2.45) is 11.8 Å². The highest BCUT2D eigenvalue weighted by atomic mass is 16.4. The summed E-state index contributed by atoms with van der Waals surface area (Å²) in [7, 11) is 0. The lowest BCUT2D eigenvalue weighted by Crippen LogP contribution is -2.46. The first-order valence-corrected chi connectivity index (χ1v) is 7.38. The summed E-state index contributed by atoms with van der Waals surface area (Å²) in [6.45, 7) is 1.44. The Balaban J connectivity index is 2.39. The monoisotopic (exact) mass is 300 g/mol. The molecule has 1 saturated carbocycles. The van der Waals surface area contributed by atoms with E-state index in [2.05, 4.69) is 12.2 Å². The van der Waals surface area contributed by atoms with Crippen LogP contribution in [0, 0.1) is 11.8 Å². The quantitative estimate of drug-likeness (QED) is 0.658. The molecule has 0 heterocycles. The maximum Gasteiger partial charge on any atom is 0.323 e. The molecule has 0 aromatic rings. The Morgan fingerprint density at radius 2 is 1.48 bits per heavy atom. The molecule has 21 heavy (non-hydrogen) atoms. The van der Waals surface area contributed by atoms with E-state index in [4.69, 9.17) is 10.2 Å². The number of carbonyl (C=O) groups excluding carboxylic acids is 1. The van der Waals surface area contributed by atoms with Gasteiger partial charge in [-0.05, 0) is 24.7 Å². The van der Waals surface area contributed by atoms with Crippen molar-refractivity contribution >= 4 is 18.0 Å². The van der Waals surface area contributed by atoms with Gasteiger partial charge in [0.05, 0.1) is 0 Å². The number of nitrogens with zero attached hydrogens (tertiary/aromatic N) is 1. The van der Waals surface area contributed by atoms with Gasteiger partial charge in [-0.1, -0.05) is 26.2 Å². The fourth-order valence-corrected chi connectivity index (χ4v) is 2.71. The summed E-state index contributed by atoms with van der Waals surface area (Å²) in [6, 6.07) is -0.627. The van der Waals surface area contributed by atoms with Crippen LogP contribution in [0.2, 0.25) is 0 Å². The molecule has 0 saturated heterocycles. The van der Waals surface area contributed by atoms with E-state index in [0.29, 0.717) is 12.5 Å². The van der Waals surface area contributed by atoms with Gasteiger partial charge in [-0.2, -0.15) is 0 Å². The molecule has 0 spiro atoms. The number of rotatable bonds is 7. The molecule has 7 heteroatoms. The van der Waals surface area contributed by atoms with E-state index in [1.807, 2.05) is 0 Å². The van der Waals surface area contributed by atoms with Crippen LogP contribution < -0.4 is 5.32 Å². The molecule has 0 unspecified atom stereocenters. The smallest absolute Gasteiger partial charge is 0.323 e. The Kier molecular flexibility index (Phi) is 6.98. The molecule has 0 bridgehead atoms. The molecule has 0 radical (unpaired) electrons. The summed E-state index contributed by atoms with van der Waals surface area (Å²) in [5, 5.41) is 20.1. The SMILES string of the molecule is CCC1CCC(CNC(=O)N(CC(=O)O)CC(=O)O)CC1. The van der Waals surface area contributed by atoms with E-state index in [-0.39, 0.29) is 0 Å². The van der Waals surface area contributed by atoms with E-state index >= 15 is 0 Å². The van der Waals surface area contributed by atoms with Crippen molar-refractivity contribution in [2.45, 2.75) is 39.0 Å². The molecule has 7 nitrogen and oxygen atoms in total. The van der Waals surface area contributed by atoms with Gasteiger partial charge in [0, 0.05) is 6.54 Å². The highest BCUT2D eigenvalue weighted by Gasteiger charge is 2.23. The minimum Gasteiger partial charge on any atom is -0.480 e. The van der Waals surface area contributed by atoms with Crippen LogP contribution in [0.5, 0.6) is 0 Å². The average Bonchev–Trinajstić information content (AvgIpc) is 2.43. The average molecular weight is 300 g/mol. The Hall–Kier alpha value is -1.79. The summed E-state index contributed by atoms with van der Waals surface area (Å²) in [4.78, 5) is 34.0. The molecule has 0 atom stereocenters. The van der Waals surface area contributed by atoms with E-state index in [1.165, 1.54) is 6.42 Å². The molecule has 0 aromatic heterocycles. The number of aliphatic carboxylic acids is 2. The number of amides is 2. The van der Waals surface area contributed by atoms with Crippen molar-refractivity contribution in [3.63, 3.8) is 0 Å². The molecule has 0 aromatic carbocycles. The number of urea groups is 1. The van der Waals surface area contributed by atoms with Crippen molar-refractivity contribution in [1.29, 1.82) is 0 Å². The highest BCUT2D eigenvalue weighted by molar-refractivity contribution is 5.84. The van der Waals surface area contributed by atoms with Crippen LogP contribution in [-0.2, 0) is 9.59 Å². The third kappa shape index (κ3) is 6.46. The van der Waals surface area contributed by atoms with Crippen molar-refractivity contribution in [3.05, 3.63) is 0 Å². The molecule has 2 amide bonds. The van der Waals surface area contributed by atoms with Crippen LogP contribution in [0.25, 0.3) is 0 Å². The lowest BCUT2D eigenvalue weighted by atomic mass is 9.81. The Bertz CT molecular complexity index is 362. The second-order valence-electron chi connectivity index (χ2n) is 5.62. The predicted octanol–water partition coefficient (Wildman–Crippen LogP) is 1.38. The molecule has 1 aliphatic carbocycles. The summed E-state index contributed by atoms with van der Waals surface area (Å²) < 4.78 is 0. The van der Waals surface area contributed by atoms with E-state index in [9.17, 15) is 14.4 Å². The first-order valence-electron chi connectivity index (χ1n) is 7.38. The molecule has 1 rings (SSSR count). The van der Waals surface area contributed by atoms with E-state index in [0.717, 1.165) is 36.5 Å². The zero-order valence-corrected chi connectivity index (χ0v) is 12.4. The number of nitrogens with one attached hydrogen (secondary N) is 1. The summed E-state index contributed by atoms with van der Waals surface area (Å²) in [5.41, 5.74) is 0. The molecule has 0 aliphatic heterocycles. The molecule has 1 fully saturated rings. The van der Waals surface area contributed by atoms with Crippen LogP contribution in [0.15, 0.2) is 0 Å². The second-order valence-corrected chi connectivity index (χ2v) is 5.62. The maximum absolute atomic E-state index is 11.9. The van der Waals surface area contributed by atoms with Gasteiger partial charge in [0.1, 0.15) is 13.1 Å². The van der Waals surface area contributed by atoms with Crippen molar-refractivity contribution in [2.75, 3.05) is 19.6 Å². The number of carboxylic acids is 2. The summed E-state index contributed by atoms with van der Waals surface area (Å²) >= 11 is 0. The molecule has 3 N–H and O–H groups in total. The minimum atomic E-state index is -1.23. The minimum absolute atomic E-state index is 0.397. The first-order chi connectivity index (χ1) is 9.92. The van der Waals surface area contributed by atoms with E-state index in [1.54, 1.807) is 0 Å². The lowest BCUT2D eigenvalue weighted by Gasteiger charge is -2.28. The van der Waals surface area contributed by atoms with Gasteiger partial charge < -0.3 is 20.4 Å². The Labute approximate surface area is 124 Å². The Morgan fingerprint density at radius 1 is 1.00 bits per heavy atom. The standard InChI is InChI=1S/C14H24N2O5/c1-2-10-3-5-11(6-4-10)7-15-14(21)16(8-12(17)18)9-13(19)20/h10-11H,2-9H2,1H3,(H,15,21)(H,17,18)(H,19,20). The molecule has 1 aliphatic rings. The van der Waals surface area contributed by atoms with Crippen LogP contribution in [0.1, 0.15) is 39.0 Å². The lowest BCUT2D eigenvalue weighted by molar-refractivity contribution is -0.140. The van der Waals surface area contributed by atoms with Crippen LogP contribution >= 0.6 is 0 Å². The summed E-state index contributed by atoms with van der Waals surface area (Å²) in [5.74, 6) is -1.29. The number of carbonyl (C=O) groups is 3. The fraction of sp³-hybridized carbons (Fsp3) is 0.786. The zero-order chi connectivity index (χ0) is 15.8. The topological polar surface area (TPSA) is 107 Å². The largest absolute Gasteiger partial charge is 0.480 e. The van der Waals surface area contributed by atoms with Crippen LogP contribution in [0.3, 0.4) is 0 Å². The number of hydrogen-bond acceptors (Lipinski definition) is 3.